The van der Waals surface area contributed by atoms with E-state index in [0.29, 0.717) is 6.54 Å². The van der Waals surface area contributed by atoms with Gasteiger partial charge < -0.3 is 10.6 Å². The summed E-state index contributed by atoms with van der Waals surface area (Å²) in [7, 11) is 3.80. The van der Waals surface area contributed by atoms with Gasteiger partial charge in [-0.25, -0.2) is 9.97 Å². The molecule has 2 aromatic heterocycles. The number of aryl methyl sites for hydroxylation is 2. The molecule has 0 bridgehead atoms. The summed E-state index contributed by atoms with van der Waals surface area (Å²) in [4.78, 5) is 8.55. The maximum Gasteiger partial charge on any atom is 0.134 e. The first-order chi connectivity index (χ1) is 9.15. The fourth-order valence-electron chi connectivity index (χ4n) is 2.12. The van der Waals surface area contributed by atoms with E-state index in [1.54, 1.807) is 6.33 Å². The first-order valence-electron chi connectivity index (χ1n) is 6.40. The van der Waals surface area contributed by atoms with Gasteiger partial charge in [0.05, 0.1) is 5.69 Å². The van der Waals surface area contributed by atoms with Crippen molar-refractivity contribution in [3.05, 3.63) is 29.3 Å². The lowest BCUT2D eigenvalue weighted by atomic mass is 10.2. The molecule has 0 aliphatic rings. The summed E-state index contributed by atoms with van der Waals surface area (Å²) in [5.74, 6) is 1.76. The van der Waals surface area contributed by atoms with Crippen LogP contribution in [0.15, 0.2) is 12.5 Å². The van der Waals surface area contributed by atoms with Crippen molar-refractivity contribution in [3.8, 4) is 0 Å². The third-order valence-corrected chi connectivity index (χ3v) is 3.10. The smallest absolute Gasteiger partial charge is 0.134 e. The standard InChI is InChI=1S/C13H20N6/c1-5-11-12(14-3)16-8-17-13(11)15-6-10-7-19(4)18-9(10)2/h7-8H,5-6H2,1-4H3,(H2,14,15,16,17). The summed E-state index contributed by atoms with van der Waals surface area (Å²) in [6.45, 7) is 4.82. The quantitative estimate of drug-likeness (QED) is 0.857. The molecule has 0 saturated carbocycles. The molecule has 0 fully saturated rings. The van der Waals surface area contributed by atoms with Crippen LogP contribution >= 0.6 is 0 Å². The van der Waals surface area contributed by atoms with Crippen LogP contribution in [0, 0.1) is 6.92 Å². The number of anilines is 2. The summed E-state index contributed by atoms with van der Waals surface area (Å²) in [5.41, 5.74) is 3.32. The van der Waals surface area contributed by atoms with Gasteiger partial charge in [0.1, 0.15) is 18.0 Å². The van der Waals surface area contributed by atoms with Crippen molar-refractivity contribution in [2.75, 3.05) is 17.7 Å². The molecule has 2 aromatic rings. The number of rotatable bonds is 5. The summed E-state index contributed by atoms with van der Waals surface area (Å²) >= 11 is 0. The average molecular weight is 260 g/mol. The van der Waals surface area contributed by atoms with Gasteiger partial charge in [-0.1, -0.05) is 6.92 Å². The minimum Gasteiger partial charge on any atom is -0.373 e. The highest BCUT2D eigenvalue weighted by atomic mass is 15.3. The molecular formula is C13H20N6. The molecule has 6 heteroatoms. The molecule has 0 aromatic carbocycles. The number of hydrogen-bond donors (Lipinski definition) is 2. The molecular weight excluding hydrogens is 240 g/mol. The first kappa shape index (κ1) is 13.3. The van der Waals surface area contributed by atoms with Crippen LogP contribution in [0.25, 0.3) is 0 Å². The van der Waals surface area contributed by atoms with Gasteiger partial charge in [-0.05, 0) is 13.3 Å². The number of aromatic nitrogens is 4. The van der Waals surface area contributed by atoms with Gasteiger partial charge in [0.25, 0.3) is 0 Å². The molecule has 0 saturated heterocycles. The zero-order valence-electron chi connectivity index (χ0n) is 11.9. The Morgan fingerprint density at radius 2 is 2.00 bits per heavy atom. The molecule has 0 atom stereocenters. The zero-order chi connectivity index (χ0) is 13.8. The lowest BCUT2D eigenvalue weighted by Crippen LogP contribution is -2.08. The predicted octanol–water partition coefficient (Wildman–Crippen LogP) is 1.73. The van der Waals surface area contributed by atoms with Crippen molar-refractivity contribution in [1.29, 1.82) is 0 Å². The SMILES string of the molecule is CCc1c(NC)ncnc1NCc1cn(C)nc1C. The lowest BCUT2D eigenvalue weighted by molar-refractivity contribution is 0.756. The van der Waals surface area contributed by atoms with Crippen molar-refractivity contribution >= 4 is 11.6 Å². The fourth-order valence-corrected chi connectivity index (χ4v) is 2.12. The van der Waals surface area contributed by atoms with E-state index in [2.05, 4.69) is 32.6 Å². The monoisotopic (exact) mass is 260 g/mol. The van der Waals surface area contributed by atoms with E-state index in [1.165, 1.54) is 5.56 Å². The molecule has 0 spiro atoms. The van der Waals surface area contributed by atoms with Crippen molar-refractivity contribution in [1.82, 2.24) is 19.7 Å². The Morgan fingerprint density at radius 1 is 1.26 bits per heavy atom. The normalized spacial score (nSPS) is 10.5. The molecule has 19 heavy (non-hydrogen) atoms. The van der Waals surface area contributed by atoms with Gasteiger partial charge in [-0.2, -0.15) is 5.10 Å². The highest BCUT2D eigenvalue weighted by Crippen LogP contribution is 2.20. The van der Waals surface area contributed by atoms with E-state index in [-0.39, 0.29) is 0 Å². The van der Waals surface area contributed by atoms with Crippen LogP contribution in [0.4, 0.5) is 11.6 Å². The van der Waals surface area contributed by atoms with E-state index in [0.717, 1.165) is 29.3 Å². The third-order valence-electron chi connectivity index (χ3n) is 3.10. The molecule has 0 aliphatic carbocycles. The average Bonchev–Trinajstić information content (AvgIpc) is 2.73. The second-order valence-electron chi connectivity index (χ2n) is 4.42. The molecule has 0 aliphatic heterocycles. The molecule has 6 nitrogen and oxygen atoms in total. The third kappa shape index (κ3) is 2.83. The summed E-state index contributed by atoms with van der Waals surface area (Å²) in [5, 5.41) is 10.8. The van der Waals surface area contributed by atoms with Gasteiger partial charge in [-0.15, -0.1) is 0 Å². The summed E-state index contributed by atoms with van der Waals surface area (Å²) in [6, 6.07) is 0. The Bertz CT molecular complexity index is 560. The molecule has 2 N–H and O–H groups in total. The Morgan fingerprint density at radius 3 is 2.58 bits per heavy atom. The topological polar surface area (TPSA) is 67.7 Å². The Labute approximate surface area is 113 Å². The van der Waals surface area contributed by atoms with E-state index in [4.69, 9.17) is 0 Å². The van der Waals surface area contributed by atoms with Crippen LogP contribution in [0.5, 0.6) is 0 Å². The second kappa shape index (κ2) is 5.69. The molecule has 0 radical (unpaired) electrons. The second-order valence-corrected chi connectivity index (χ2v) is 4.42. The predicted molar refractivity (Wildman–Crippen MR) is 76.2 cm³/mol. The van der Waals surface area contributed by atoms with E-state index >= 15 is 0 Å². The fraction of sp³-hybridized carbons (Fsp3) is 0.462. The number of nitrogens with one attached hydrogen (secondary N) is 2. The Balaban J connectivity index is 2.17. The van der Waals surface area contributed by atoms with Gasteiger partial charge in [0.2, 0.25) is 0 Å². The van der Waals surface area contributed by atoms with Crippen molar-refractivity contribution in [2.24, 2.45) is 7.05 Å². The van der Waals surface area contributed by atoms with Crippen LogP contribution in [-0.2, 0) is 20.0 Å². The van der Waals surface area contributed by atoms with Crippen LogP contribution in [0.1, 0.15) is 23.7 Å². The minimum absolute atomic E-state index is 0.715. The summed E-state index contributed by atoms with van der Waals surface area (Å²) < 4.78 is 1.83. The van der Waals surface area contributed by atoms with E-state index in [9.17, 15) is 0 Å². The minimum atomic E-state index is 0.715. The molecule has 0 amide bonds. The van der Waals surface area contributed by atoms with Gasteiger partial charge >= 0.3 is 0 Å². The number of hydrogen-bond acceptors (Lipinski definition) is 5. The molecule has 0 unspecified atom stereocenters. The van der Waals surface area contributed by atoms with Gasteiger partial charge in [0.15, 0.2) is 0 Å². The van der Waals surface area contributed by atoms with Crippen molar-refractivity contribution in [2.45, 2.75) is 26.8 Å². The first-order valence-corrected chi connectivity index (χ1v) is 6.40. The highest BCUT2D eigenvalue weighted by Gasteiger charge is 2.09. The van der Waals surface area contributed by atoms with Gasteiger partial charge in [0, 0.05) is 38.0 Å². The largest absolute Gasteiger partial charge is 0.373 e. The maximum absolute atomic E-state index is 4.33. The summed E-state index contributed by atoms with van der Waals surface area (Å²) in [6.07, 6.45) is 4.48. The zero-order valence-corrected chi connectivity index (χ0v) is 11.9. The van der Waals surface area contributed by atoms with Crippen molar-refractivity contribution in [3.63, 3.8) is 0 Å². The Hall–Kier alpha value is -2.11. The molecule has 2 rings (SSSR count). The van der Waals surface area contributed by atoms with Crippen LogP contribution in [-0.4, -0.2) is 26.8 Å². The van der Waals surface area contributed by atoms with E-state index in [1.807, 2.05) is 31.9 Å². The highest BCUT2D eigenvalue weighted by molar-refractivity contribution is 5.57. The lowest BCUT2D eigenvalue weighted by Gasteiger charge is -2.12. The van der Waals surface area contributed by atoms with Crippen LogP contribution in [0.3, 0.4) is 0 Å². The van der Waals surface area contributed by atoms with E-state index < -0.39 is 0 Å². The van der Waals surface area contributed by atoms with Crippen LogP contribution in [0.2, 0.25) is 0 Å². The van der Waals surface area contributed by atoms with Crippen LogP contribution < -0.4 is 10.6 Å². The maximum atomic E-state index is 4.33. The molecule has 102 valence electrons. The van der Waals surface area contributed by atoms with Crippen molar-refractivity contribution < 1.29 is 0 Å². The Kier molecular flexibility index (Phi) is 3.99. The van der Waals surface area contributed by atoms with Gasteiger partial charge in [-0.3, -0.25) is 4.68 Å². The number of nitrogens with zero attached hydrogens (tertiary/aromatic N) is 4. The molecule has 2 heterocycles.